The molecule has 0 N–H and O–H groups in total. The summed E-state index contributed by atoms with van der Waals surface area (Å²) in [5.74, 6) is 0. The smallest absolute Gasteiger partial charge is 0.263 e. The fourth-order valence-electron chi connectivity index (χ4n) is 1.27. The van der Waals surface area contributed by atoms with Gasteiger partial charge >= 0.3 is 0 Å². The minimum atomic E-state index is -3.63. The standard InChI is InChI=1S/C9H14N4O2S/c1-3-5-13(6-4-10)16(14,15)9-7-12(2)8-11-9/h7-8H,3,5-6H2,1-2H3. The number of sulfonamides is 1. The highest BCUT2D eigenvalue weighted by atomic mass is 32.2. The lowest BCUT2D eigenvalue weighted by Gasteiger charge is -2.16. The third-order valence-corrected chi connectivity index (χ3v) is 3.74. The average Bonchev–Trinajstić information content (AvgIpc) is 2.65. The van der Waals surface area contributed by atoms with Crippen LogP contribution in [0, 0.1) is 11.3 Å². The van der Waals surface area contributed by atoms with Crippen LogP contribution in [0.25, 0.3) is 0 Å². The number of aryl methyl sites for hydroxylation is 1. The van der Waals surface area contributed by atoms with Crippen LogP contribution >= 0.6 is 0 Å². The zero-order valence-electron chi connectivity index (χ0n) is 9.29. The van der Waals surface area contributed by atoms with E-state index in [9.17, 15) is 8.42 Å². The monoisotopic (exact) mass is 242 g/mol. The van der Waals surface area contributed by atoms with Crippen LogP contribution in [0.5, 0.6) is 0 Å². The Balaban J connectivity index is 3.03. The maximum atomic E-state index is 12.0. The van der Waals surface area contributed by atoms with Gasteiger partial charge in [-0.2, -0.15) is 9.57 Å². The Labute approximate surface area is 95.2 Å². The second kappa shape index (κ2) is 5.09. The summed E-state index contributed by atoms with van der Waals surface area (Å²) in [5, 5.41) is 8.58. The van der Waals surface area contributed by atoms with Gasteiger partial charge < -0.3 is 4.57 Å². The summed E-state index contributed by atoms with van der Waals surface area (Å²) in [6.07, 6.45) is 3.51. The number of rotatable bonds is 5. The number of nitrogens with zero attached hydrogens (tertiary/aromatic N) is 4. The summed E-state index contributed by atoms with van der Waals surface area (Å²) in [5.41, 5.74) is 0. The summed E-state index contributed by atoms with van der Waals surface area (Å²) in [4.78, 5) is 3.80. The zero-order valence-corrected chi connectivity index (χ0v) is 10.1. The van der Waals surface area contributed by atoms with Gasteiger partial charge in [0.25, 0.3) is 10.0 Å². The second-order valence-corrected chi connectivity index (χ2v) is 5.26. The summed E-state index contributed by atoms with van der Waals surface area (Å²) >= 11 is 0. The molecule has 0 atom stereocenters. The van der Waals surface area contributed by atoms with Crippen LogP contribution in [0.2, 0.25) is 0 Å². The van der Waals surface area contributed by atoms with Gasteiger partial charge in [0.15, 0.2) is 5.03 Å². The maximum absolute atomic E-state index is 12.0. The quantitative estimate of drug-likeness (QED) is 0.698. The van der Waals surface area contributed by atoms with Gasteiger partial charge in [0.05, 0.1) is 12.4 Å². The molecule has 1 aromatic heterocycles. The SMILES string of the molecule is CCCN(CC#N)S(=O)(=O)c1cn(C)cn1. The van der Waals surface area contributed by atoms with Gasteiger partial charge in [-0.15, -0.1) is 0 Å². The largest absolute Gasteiger partial charge is 0.339 e. The molecule has 0 saturated carbocycles. The van der Waals surface area contributed by atoms with Crippen molar-refractivity contribution in [1.82, 2.24) is 13.9 Å². The molecule has 0 unspecified atom stereocenters. The van der Waals surface area contributed by atoms with Crippen LogP contribution < -0.4 is 0 Å². The third kappa shape index (κ3) is 2.59. The Hall–Kier alpha value is -1.39. The molecule has 0 aromatic carbocycles. The van der Waals surface area contributed by atoms with Gasteiger partial charge in [-0.05, 0) is 6.42 Å². The predicted octanol–water partition coefficient (Wildman–Crippen LogP) is 0.344. The molecule has 0 fully saturated rings. The fraction of sp³-hybridized carbons (Fsp3) is 0.556. The molecule has 0 aliphatic heterocycles. The third-order valence-electron chi connectivity index (χ3n) is 2.01. The van der Waals surface area contributed by atoms with Gasteiger partial charge in [0.2, 0.25) is 0 Å². The van der Waals surface area contributed by atoms with Crippen LogP contribution in [0.4, 0.5) is 0 Å². The lowest BCUT2D eigenvalue weighted by atomic mass is 10.5. The number of hydrogen-bond donors (Lipinski definition) is 0. The first-order valence-corrected chi connectivity index (χ1v) is 6.31. The molecule has 0 spiro atoms. The van der Waals surface area contributed by atoms with E-state index in [1.807, 2.05) is 13.0 Å². The van der Waals surface area contributed by atoms with E-state index >= 15 is 0 Å². The van der Waals surface area contributed by atoms with Crippen molar-refractivity contribution in [3.05, 3.63) is 12.5 Å². The normalized spacial score (nSPS) is 11.6. The zero-order chi connectivity index (χ0) is 12.2. The molecule has 6 nitrogen and oxygen atoms in total. The van der Waals surface area contributed by atoms with Crippen LogP contribution in [0.3, 0.4) is 0 Å². The summed E-state index contributed by atoms with van der Waals surface area (Å²) in [7, 11) is -1.93. The molecular weight excluding hydrogens is 228 g/mol. The van der Waals surface area contributed by atoms with E-state index in [0.717, 1.165) is 4.31 Å². The fourth-order valence-corrected chi connectivity index (χ4v) is 2.66. The molecule has 0 amide bonds. The highest BCUT2D eigenvalue weighted by Crippen LogP contribution is 2.12. The van der Waals surface area contributed by atoms with Gasteiger partial charge in [-0.25, -0.2) is 13.4 Å². The molecule has 88 valence electrons. The first kappa shape index (κ1) is 12.7. The van der Waals surface area contributed by atoms with Crippen molar-refractivity contribution in [2.75, 3.05) is 13.1 Å². The van der Waals surface area contributed by atoms with E-state index in [4.69, 9.17) is 5.26 Å². The molecular formula is C9H14N4O2S. The number of nitriles is 1. The maximum Gasteiger partial charge on any atom is 0.263 e. The molecule has 0 saturated heterocycles. The van der Waals surface area contributed by atoms with Crippen molar-refractivity contribution in [3.63, 3.8) is 0 Å². The Kier molecular flexibility index (Phi) is 4.04. The minimum absolute atomic E-state index is 0.0151. The molecule has 0 aliphatic carbocycles. The van der Waals surface area contributed by atoms with E-state index < -0.39 is 10.0 Å². The Morgan fingerprint density at radius 3 is 2.75 bits per heavy atom. The average molecular weight is 242 g/mol. The first-order valence-electron chi connectivity index (χ1n) is 4.87. The molecule has 0 aliphatic rings. The number of imidazole rings is 1. The lowest BCUT2D eigenvalue weighted by molar-refractivity contribution is 0.442. The summed E-state index contributed by atoms with van der Waals surface area (Å²) < 4.78 is 26.7. The van der Waals surface area contributed by atoms with Crippen molar-refractivity contribution < 1.29 is 8.42 Å². The number of aromatic nitrogens is 2. The van der Waals surface area contributed by atoms with E-state index in [2.05, 4.69) is 4.98 Å². The summed E-state index contributed by atoms with van der Waals surface area (Å²) in [6.45, 7) is 2.04. The van der Waals surface area contributed by atoms with Crippen molar-refractivity contribution >= 4 is 10.0 Å². The second-order valence-electron chi connectivity index (χ2n) is 3.37. The van der Waals surface area contributed by atoms with Crippen LogP contribution in [0.15, 0.2) is 17.6 Å². The molecule has 1 aromatic rings. The predicted molar refractivity (Wildman–Crippen MR) is 57.9 cm³/mol. The molecule has 0 radical (unpaired) electrons. The van der Waals surface area contributed by atoms with E-state index in [1.165, 1.54) is 12.5 Å². The Morgan fingerprint density at radius 1 is 1.62 bits per heavy atom. The minimum Gasteiger partial charge on any atom is -0.339 e. The summed E-state index contributed by atoms with van der Waals surface area (Å²) in [6, 6.07) is 1.85. The van der Waals surface area contributed by atoms with E-state index in [1.54, 1.807) is 11.6 Å². The Bertz CT molecular complexity index is 486. The van der Waals surface area contributed by atoms with Crippen molar-refractivity contribution in [1.29, 1.82) is 5.26 Å². The highest BCUT2D eigenvalue weighted by molar-refractivity contribution is 7.89. The first-order chi connectivity index (χ1) is 7.52. The molecule has 0 bridgehead atoms. The number of hydrogen-bond acceptors (Lipinski definition) is 4. The Morgan fingerprint density at radius 2 is 2.31 bits per heavy atom. The van der Waals surface area contributed by atoms with Crippen LogP contribution in [-0.2, 0) is 17.1 Å². The van der Waals surface area contributed by atoms with Crippen LogP contribution in [-0.4, -0.2) is 35.4 Å². The molecule has 16 heavy (non-hydrogen) atoms. The molecule has 7 heteroatoms. The topological polar surface area (TPSA) is 79.0 Å². The van der Waals surface area contributed by atoms with Gasteiger partial charge in [0.1, 0.15) is 6.54 Å². The van der Waals surface area contributed by atoms with Crippen molar-refractivity contribution in [3.8, 4) is 6.07 Å². The van der Waals surface area contributed by atoms with Crippen LogP contribution in [0.1, 0.15) is 13.3 Å². The lowest BCUT2D eigenvalue weighted by Crippen LogP contribution is -2.32. The van der Waals surface area contributed by atoms with Crippen molar-refractivity contribution in [2.24, 2.45) is 7.05 Å². The van der Waals surface area contributed by atoms with Gasteiger partial charge in [-0.3, -0.25) is 0 Å². The highest BCUT2D eigenvalue weighted by Gasteiger charge is 2.25. The molecule has 1 heterocycles. The van der Waals surface area contributed by atoms with Crippen molar-refractivity contribution in [2.45, 2.75) is 18.4 Å². The van der Waals surface area contributed by atoms with E-state index in [0.29, 0.717) is 13.0 Å². The van der Waals surface area contributed by atoms with Gasteiger partial charge in [0, 0.05) is 19.8 Å². The van der Waals surface area contributed by atoms with E-state index in [-0.39, 0.29) is 11.6 Å². The molecule has 1 rings (SSSR count). The van der Waals surface area contributed by atoms with Gasteiger partial charge in [-0.1, -0.05) is 6.92 Å².